The second-order valence-electron chi connectivity index (χ2n) is 7.12. The third-order valence-corrected chi connectivity index (χ3v) is 5.63. The van der Waals surface area contributed by atoms with E-state index in [1.54, 1.807) is 24.3 Å². The van der Waals surface area contributed by atoms with Gasteiger partial charge < -0.3 is 19.2 Å². The standard InChI is InChI=1S/C24H21BrClNO7/c1-4-32-22(30)24(34-13(3)28,23(31)33-5-2)19-17-11-10-16(26)12-18(17)27-20(19)21(29)14-6-8-15(25)9-7-14/h6-12,27H,4-5H2,1-3H3. The van der Waals surface area contributed by atoms with Gasteiger partial charge in [-0.1, -0.05) is 33.6 Å². The maximum Gasteiger partial charge on any atom is 0.367 e. The van der Waals surface area contributed by atoms with Crippen LogP contribution in [0.5, 0.6) is 0 Å². The van der Waals surface area contributed by atoms with Crippen LogP contribution in [0.3, 0.4) is 0 Å². The second kappa shape index (κ2) is 10.4. The molecule has 1 heterocycles. The Morgan fingerprint density at radius 1 is 0.971 bits per heavy atom. The molecule has 1 aromatic heterocycles. The molecule has 2 aromatic carbocycles. The van der Waals surface area contributed by atoms with Crippen molar-refractivity contribution < 1.29 is 33.4 Å². The molecule has 8 nitrogen and oxygen atoms in total. The molecule has 0 radical (unpaired) electrons. The lowest BCUT2D eigenvalue weighted by molar-refractivity contribution is -0.197. The van der Waals surface area contributed by atoms with Crippen molar-refractivity contribution in [2.45, 2.75) is 26.4 Å². The van der Waals surface area contributed by atoms with Gasteiger partial charge in [-0.3, -0.25) is 9.59 Å². The molecule has 10 heteroatoms. The van der Waals surface area contributed by atoms with Gasteiger partial charge in [0.25, 0.3) is 0 Å². The van der Waals surface area contributed by atoms with E-state index in [4.69, 9.17) is 25.8 Å². The molecule has 3 rings (SSSR count). The molecule has 0 amide bonds. The number of fused-ring (bicyclic) bond motifs is 1. The normalized spacial score (nSPS) is 11.2. The molecular formula is C24H21BrClNO7. The molecule has 0 saturated heterocycles. The highest BCUT2D eigenvalue weighted by Crippen LogP contribution is 2.39. The summed E-state index contributed by atoms with van der Waals surface area (Å²) in [5, 5.41) is 0.598. The first-order valence-electron chi connectivity index (χ1n) is 10.3. The number of esters is 3. The number of carbonyl (C=O) groups is 4. The number of benzene rings is 2. The highest BCUT2D eigenvalue weighted by atomic mass is 79.9. The quantitative estimate of drug-likeness (QED) is 0.187. The lowest BCUT2D eigenvalue weighted by Gasteiger charge is -2.29. The van der Waals surface area contributed by atoms with Gasteiger partial charge in [0, 0.05) is 32.9 Å². The number of carbonyl (C=O) groups excluding carboxylic acids is 4. The van der Waals surface area contributed by atoms with Crippen molar-refractivity contribution in [2.75, 3.05) is 13.2 Å². The smallest absolute Gasteiger partial charge is 0.367 e. The Hall–Kier alpha value is -3.17. The summed E-state index contributed by atoms with van der Waals surface area (Å²) in [4.78, 5) is 55.4. The van der Waals surface area contributed by atoms with Crippen LogP contribution in [-0.4, -0.2) is 41.9 Å². The summed E-state index contributed by atoms with van der Waals surface area (Å²) in [7, 11) is 0. The Balaban J connectivity index is 2.43. The van der Waals surface area contributed by atoms with E-state index in [-0.39, 0.29) is 35.4 Å². The highest BCUT2D eigenvalue weighted by Gasteiger charge is 2.57. The summed E-state index contributed by atoms with van der Waals surface area (Å²) in [5.41, 5.74) is -2.44. The van der Waals surface area contributed by atoms with Crippen LogP contribution in [0.2, 0.25) is 5.02 Å². The van der Waals surface area contributed by atoms with Gasteiger partial charge in [-0.2, -0.15) is 0 Å². The topological polar surface area (TPSA) is 112 Å². The van der Waals surface area contributed by atoms with Crippen molar-refractivity contribution in [3.8, 4) is 0 Å². The molecule has 0 bridgehead atoms. The highest BCUT2D eigenvalue weighted by molar-refractivity contribution is 9.10. The summed E-state index contributed by atoms with van der Waals surface area (Å²) in [6, 6.07) is 11.0. The monoisotopic (exact) mass is 549 g/mol. The Bertz CT molecular complexity index is 1250. The average Bonchev–Trinajstić information content (AvgIpc) is 3.16. The fraction of sp³-hybridized carbons (Fsp3) is 0.250. The maximum absolute atomic E-state index is 13.6. The van der Waals surface area contributed by atoms with Crippen molar-refractivity contribution in [1.29, 1.82) is 0 Å². The lowest BCUT2D eigenvalue weighted by Crippen LogP contribution is -2.50. The van der Waals surface area contributed by atoms with Gasteiger partial charge in [0.1, 0.15) is 0 Å². The van der Waals surface area contributed by atoms with Crippen molar-refractivity contribution in [1.82, 2.24) is 4.98 Å². The number of ketones is 1. The molecule has 178 valence electrons. The van der Waals surface area contributed by atoms with Gasteiger partial charge in [-0.15, -0.1) is 0 Å². The molecule has 1 N–H and O–H groups in total. The zero-order valence-electron chi connectivity index (χ0n) is 18.6. The molecule has 0 aliphatic heterocycles. The number of H-pyrrole nitrogens is 1. The molecule has 0 aliphatic rings. The predicted molar refractivity (Wildman–Crippen MR) is 128 cm³/mol. The first kappa shape index (κ1) is 25.5. The van der Waals surface area contributed by atoms with E-state index in [2.05, 4.69) is 20.9 Å². The average molecular weight is 551 g/mol. The van der Waals surface area contributed by atoms with E-state index < -0.39 is 29.3 Å². The fourth-order valence-corrected chi connectivity index (χ4v) is 3.99. The summed E-state index contributed by atoms with van der Waals surface area (Å²) >= 11 is 9.46. The van der Waals surface area contributed by atoms with Crippen molar-refractivity contribution >= 4 is 62.1 Å². The van der Waals surface area contributed by atoms with Crippen LogP contribution >= 0.6 is 27.5 Å². The first-order chi connectivity index (χ1) is 16.1. The molecule has 0 aliphatic carbocycles. The molecule has 34 heavy (non-hydrogen) atoms. The first-order valence-corrected chi connectivity index (χ1v) is 11.5. The van der Waals surface area contributed by atoms with Crippen LogP contribution < -0.4 is 0 Å². The molecule has 3 aromatic rings. The molecule has 0 fully saturated rings. The van der Waals surface area contributed by atoms with Crippen LogP contribution in [0.1, 0.15) is 42.4 Å². The third-order valence-electron chi connectivity index (χ3n) is 4.87. The van der Waals surface area contributed by atoms with Crippen molar-refractivity contribution in [3.63, 3.8) is 0 Å². The number of rotatable bonds is 8. The predicted octanol–water partition coefficient (Wildman–Crippen LogP) is 4.70. The van der Waals surface area contributed by atoms with Gasteiger partial charge in [-0.25, -0.2) is 9.59 Å². The van der Waals surface area contributed by atoms with Crippen molar-refractivity contribution in [3.05, 3.63) is 68.8 Å². The lowest BCUT2D eigenvalue weighted by atomic mass is 9.88. The van der Waals surface area contributed by atoms with E-state index in [0.29, 0.717) is 10.5 Å². The van der Waals surface area contributed by atoms with E-state index in [1.807, 2.05) is 0 Å². The fourth-order valence-electron chi connectivity index (χ4n) is 3.55. The summed E-state index contributed by atoms with van der Waals surface area (Å²) in [5.74, 6) is -3.89. The van der Waals surface area contributed by atoms with Crippen LogP contribution in [0.25, 0.3) is 10.9 Å². The Morgan fingerprint density at radius 3 is 2.09 bits per heavy atom. The number of ether oxygens (including phenoxy) is 3. The summed E-state index contributed by atoms with van der Waals surface area (Å²) < 4.78 is 16.5. The zero-order chi connectivity index (χ0) is 25.0. The van der Waals surface area contributed by atoms with E-state index in [0.717, 1.165) is 11.4 Å². The second-order valence-corrected chi connectivity index (χ2v) is 8.47. The number of aromatic amines is 1. The van der Waals surface area contributed by atoms with Crippen molar-refractivity contribution in [2.24, 2.45) is 0 Å². The molecular weight excluding hydrogens is 530 g/mol. The number of aromatic nitrogens is 1. The molecule has 0 spiro atoms. The number of halogens is 2. The minimum atomic E-state index is -2.69. The van der Waals surface area contributed by atoms with Crippen LogP contribution in [0, 0.1) is 0 Å². The SMILES string of the molecule is CCOC(=O)C(OC(C)=O)(C(=O)OCC)c1c(C(=O)c2ccc(Br)cc2)[nH]c2cc(Cl)ccc12. The van der Waals surface area contributed by atoms with Crippen LogP contribution in [0.15, 0.2) is 46.9 Å². The number of hydrogen-bond acceptors (Lipinski definition) is 7. The van der Waals surface area contributed by atoms with Gasteiger partial charge in [0.2, 0.25) is 5.78 Å². The summed E-state index contributed by atoms with van der Waals surface area (Å²) in [6.07, 6.45) is 0. The number of nitrogens with one attached hydrogen (secondary N) is 1. The Kier molecular flexibility index (Phi) is 7.78. The van der Waals surface area contributed by atoms with Gasteiger partial charge in [0.05, 0.1) is 24.5 Å². The Labute approximate surface area is 208 Å². The van der Waals surface area contributed by atoms with Crippen LogP contribution in [0.4, 0.5) is 0 Å². The van der Waals surface area contributed by atoms with E-state index in [9.17, 15) is 19.2 Å². The molecule has 0 unspecified atom stereocenters. The van der Waals surface area contributed by atoms with Gasteiger partial charge in [0.15, 0.2) is 0 Å². The number of hydrogen-bond donors (Lipinski definition) is 1. The minimum absolute atomic E-state index is 0.120. The zero-order valence-corrected chi connectivity index (χ0v) is 20.9. The summed E-state index contributed by atoms with van der Waals surface area (Å²) in [6.45, 7) is 3.86. The van der Waals surface area contributed by atoms with Gasteiger partial charge in [-0.05, 0) is 50.2 Å². The minimum Gasteiger partial charge on any atom is -0.462 e. The third kappa shape index (κ3) is 4.71. The van der Waals surface area contributed by atoms with E-state index in [1.165, 1.54) is 32.0 Å². The molecule has 0 atom stereocenters. The largest absolute Gasteiger partial charge is 0.462 e. The Morgan fingerprint density at radius 2 is 1.56 bits per heavy atom. The van der Waals surface area contributed by atoms with E-state index >= 15 is 0 Å². The molecule has 0 saturated carbocycles. The van der Waals surface area contributed by atoms with Crippen LogP contribution in [-0.2, 0) is 34.2 Å². The van der Waals surface area contributed by atoms with Gasteiger partial charge >= 0.3 is 23.5 Å². The maximum atomic E-state index is 13.6.